The van der Waals surface area contributed by atoms with Crippen LogP contribution in [0, 0.1) is 6.92 Å². The molecule has 0 heterocycles. The van der Waals surface area contributed by atoms with Gasteiger partial charge in [-0.15, -0.1) is 6.58 Å². The van der Waals surface area contributed by atoms with E-state index in [0.717, 1.165) is 23.3 Å². The highest BCUT2D eigenvalue weighted by atomic mass is 16.5. The number of aryl methyl sites for hydroxylation is 1. The number of ether oxygens (including phenoxy) is 1. The van der Waals surface area contributed by atoms with Crippen LogP contribution in [0.4, 0.5) is 0 Å². The fourth-order valence-corrected chi connectivity index (χ4v) is 1.59. The molecule has 0 aliphatic carbocycles. The Morgan fingerprint density at radius 1 is 1.60 bits per heavy atom. The Hall–Kier alpha value is -1.32. The molecule has 1 aromatic rings. The molecular formula is C12H18N2O. The van der Waals surface area contributed by atoms with E-state index in [2.05, 4.69) is 18.1 Å². The first-order chi connectivity index (χ1) is 7.22. The summed E-state index contributed by atoms with van der Waals surface area (Å²) < 4.78 is 5.20. The van der Waals surface area contributed by atoms with Crippen molar-refractivity contribution in [2.24, 2.45) is 5.84 Å². The van der Waals surface area contributed by atoms with Gasteiger partial charge >= 0.3 is 0 Å². The van der Waals surface area contributed by atoms with Gasteiger partial charge in [-0.1, -0.05) is 18.2 Å². The minimum absolute atomic E-state index is 0.118. The van der Waals surface area contributed by atoms with Crippen molar-refractivity contribution in [2.45, 2.75) is 19.4 Å². The van der Waals surface area contributed by atoms with E-state index < -0.39 is 0 Å². The predicted molar refractivity (Wildman–Crippen MR) is 62.6 cm³/mol. The van der Waals surface area contributed by atoms with Crippen molar-refractivity contribution in [3.8, 4) is 5.75 Å². The maximum Gasteiger partial charge on any atom is 0.121 e. The van der Waals surface area contributed by atoms with Gasteiger partial charge in [0.15, 0.2) is 0 Å². The molecule has 0 aromatic heterocycles. The van der Waals surface area contributed by atoms with Crippen LogP contribution in [0.5, 0.6) is 5.75 Å². The SMILES string of the molecule is C=CCC(NN)c1ccc(OC)c(C)c1. The molecule has 82 valence electrons. The monoisotopic (exact) mass is 206 g/mol. The molecule has 0 saturated heterocycles. The van der Waals surface area contributed by atoms with Crippen LogP contribution in [-0.4, -0.2) is 7.11 Å². The second-order valence-electron chi connectivity index (χ2n) is 3.47. The number of hydrazine groups is 1. The van der Waals surface area contributed by atoms with Crippen LogP contribution in [0.3, 0.4) is 0 Å². The van der Waals surface area contributed by atoms with Gasteiger partial charge in [0.05, 0.1) is 7.11 Å². The van der Waals surface area contributed by atoms with E-state index in [1.54, 1.807) is 7.11 Å². The molecule has 0 saturated carbocycles. The molecule has 0 radical (unpaired) electrons. The van der Waals surface area contributed by atoms with E-state index in [4.69, 9.17) is 10.6 Å². The summed E-state index contributed by atoms with van der Waals surface area (Å²) in [5.41, 5.74) is 5.03. The third kappa shape index (κ3) is 2.81. The van der Waals surface area contributed by atoms with Crippen molar-refractivity contribution in [1.29, 1.82) is 0 Å². The molecule has 3 heteroatoms. The Balaban J connectivity index is 2.94. The highest BCUT2D eigenvalue weighted by Crippen LogP contribution is 2.23. The van der Waals surface area contributed by atoms with Crippen LogP contribution in [0.1, 0.15) is 23.6 Å². The molecule has 0 fully saturated rings. The zero-order valence-corrected chi connectivity index (χ0v) is 9.29. The van der Waals surface area contributed by atoms with Crippen LogP contribution >= 0.6 is 0 Å². The van der Waals surface area contributed by atoms with Gasteiger partial charge in [-0.3, -0.25) is 11.3 Å². The zero-order chi connectivity index (χ0) is 11.3. The lowest BCUT2D eigenvalue weighted by molar-refractivity contribution is 0.411. The normalized spacial score (nSPS) is 12.2. The lowest BCUT2D eigenvalue weighted by Gasteiger charge is -2.15. The zero-order valence-electron chi connectivity index (χ0n) is 9.29. The number of nitrogens with two attached hydrogens (primary N) is 1. The minimum Gasteiger partial charge on any atom is -0.496 e. The third-order valence-electron chi connectivity index (χ3n) is 2.42. The average molecular weight is 206 g/mol. The molecule has 1 aromatic carbocycles. The quantitative estimate of drug-likeness (QED) is 0.440. The molecule has 15 heavy (non-hydrogen) atoms. The molecule has 3 N–H and O–H groups in total. The summed E-state index contributed by atoms with van der Waals surface area (Å²) in [6, 6.07) is 6.16. The molecule has 1 unspecified atom stereocenters. The maximum absolute atomic E-state index is 5.48. The van der Waals surface area contributed by atoms with E-state index in [1.807, 2.05) is 25.1 Å². The third-order valence-corrected chi connectivity index (χ3v) is 2.42. The summed E-state index contributed by atoms with van der Waals surface area (Å²) in [6.07, 6.45) is 2.66. The fraction of sp³-hybridized carbons (Fsp3) is 0.333. The Bertz CT molecular complexity index is 336. The summed E-state index contributed by atoms with van der Waals surface area (Å²) in [6.45, 7) is 5.73. The van der Waals surface area contributed by atoms with Crippen LogP contribution < -0.4 is 16.0 Å². The van der Waals surface area contributed by atoms with Gasteiger partial charge in [0.2, 0.25) is 0 Å². The first-order valence-electron chi connectivity index (χ1n) is 4.94. The number of hydrogen-bond acceptors (Lipinski definition) is 3. The van der Waals surface area contributed by atoms with Crippen LogP contribution in [0.2, 0.25) is 0 Å². The van der Waals surface area contributed by atoms with E-state index in [0.29, 0.717) is 0 Å². The molecule has 0 aliphatic heterocycles. The van der Waals surface area contributed by atoms with E-state index >= 15 is 0 Å². The number of rotatable bonds is 5. The number of nitrogens with one attached hydrogen (secondary N) is 1. The first kappa shape index (κ1) is 11.8. The molecule has 3 nitrogen and oxygen atoms in total. The highest BCUT2D eigenvalue weighted by Gasteiger charge is 2.09. The molecule has 0 bridgehead atoms. The van der Waals surface area contributed by atoms with Crippen molar-refractivity contribution >= 4 is 0 Å². The van der Waals surface area contributed by atoms with Gasteiger partial charge in [0.1, 0.15) is 5.75 Å². The highest BCUT2D eigenvalue weighted by molar-refractivity contribution is 5.37. The topological polar surface area (TPSA) is 47.3 Å². The first-order valence-corrected chi connectivity index (χ1v) is 4.94. The average Bonchev–Trinajstić information content (AvgIpc) is 2.25. The van der Waals surface area contributed by atoms with Crippen molar-refractivity contribution in [2.75, 3.05) is 7.11 Å². The summed E-state index contributed by atoms with van der Waals surface area (Å²) in [5, 5.41) is 0. The Morgan fingerprint density at radius 2 is 2.33 bits per heavy atom. The number of benzene rings is 1. The summed E-state index contributed by atoms with van der Waals surface area (Å²) >= 11 is 0. The van der Waals surface area contributed by atoms with Gasteiger partial charge < -0.3 is 4.74 Å². The second kappa shape index (κ2) is 5.53. The number of hydrogen-bond donors (Lipinski definition) is 2. The largest absolute Gasteiger partial charge is 0.496 e. The van der Waals surface area contributed by atoms with Crippen LogP contribution in [0.25, 0.3) is 0 Å². The predicted octanol–water partition coefficient (Wildman–Crippen LogP) is 2.08. The molecule has 0 amide bonds. The minimum atomic E-state index is 0.118. The van der Waals surface area contributed by atoms with Gasteiger partial charge in [0, 0.05) is 6.04 Å². The number of methoxy groups -OCH3 is 1. The Morgan fingerprint density at radius 3 is 2.80 bits per heavy atom. The van der Waals surface area contributed by atoms with Gasteiger partial charge in [-0.25, -0.2) is 0 Å². The Labute approximate surface area is 90.9 Å². The van der Waals surface area contributed by atoms with E-state index in [1.165, 1.54) is 0 Å². The van der Waals surface area contributed by atoms with Gasteiger partial charge in [-0.05, 0) is 30.5 Å². The Kier molecular flexibility index (Phi) is 4.34. The summed E-state index contributed by atoms with van der Waals surface area (Å²) in [5.74, 6) is 6.38. The van der Waals surface area contributed by atoms with Gasteiger partial charge in [0.25, 0.3) is 0 Å². The van der Waals surface area contributed by atoms with Crippen molar-refractivity contribution < 1.29 is 4.74 Å². The van der Waals surface area contributed by atoms with Crippen molar-refractivity contribution in [1.82, 2.24) is 5.43 Å². The van der Waals surface area contributed by atoms with E-state index in [9.17, 15) is 0 Å². The van der Waals surface area contributed by atoms with E-state index in [-0.39, 0.29) is 6.04 Å². The van der Waals surface area contributed by atoms with Crippen LogP contribution in [0.15, 0.2) is 30.9 Å². The smallest absolute Gasteiger partial charge is 0.121 e. The summed E-state index contributed by atoms with van der Waals surface area (Å²) in [4.78, 5) is 0. The molecule has 0 spiro atoms. The fourth-order valence-electron chi connectivity index (χ4n) is 1.59. The maximum atomic E-state index is 5.48. The van der Waals surface area contributed by atoms with Crippen molar-refractivity contribution in [3.05, 3.63) is 42.0 Å². The molecule has 1 rings (SSSR count). The lowest BCUT2D eigenvalue weighted by atomic mass is 10.0. The second-order valence-corrected chi connectivity index (χ2v) is 3.47. The standard InChI is InChI=1S/C12H18N2O/c1-4-5-11(14-13)10-6-7-12(15-3)9(2)8-10/h4,6-8,11,14H,1,5,13H2,2-3H3. The molecular weight excluding hydrogens is 188 g/mol. The lowest BCUT2D eigenvalue weighted by Crippen LogP contribution is -2.27. The molecule has 1 atom stereocenters. The molecule has 0 aliphatic rings. The van der Waals surface area contributed by atoms with Gasteiger partial charge in [-0.2, -0.15) is 0 Å². The van der Waals surface area contributed by atoms with Crippen molar-refractivity contribution in [3.63, 3.8) is 0 Å². The summed E-state index contributed by atoms with van der Waals surface area (Å²) in [7, 11) is 1.67. The van der Waals surface area contributed by atoms with Crippen LogP contribution in [-0.2, 0) is 0 Å².